The molecule has 0 bridgehead atoms. The Hall–Kier alpha value is -0.0300. The highest BCUT2D eigenvalue weighted by Crippen LogP contribution is 2.13. The average Bonchev–Trinajstić information content (AvgIpc) is 2.17. The van der Waals surface area contributed by atoms with Gasteiger partial charge in [0.05, 0.1) is 6.54 Å². The molecule has 1 heterocycles. The number of hydrogen-bond acceptors (Lipinski definition) is 3. The summed E-state index contributed by atoms with van der Waals surface area (Å²) in [6.07, 6.45) is 1.20. The van der Waals surface area contributed by atoms with E-state index in [1.165, 1.54) is 6.42 Å². The van der Waals surface area contributed by atoms with Crippen molar-refractivity contribution in [2.45, 2.75) is 26.3 Å². The molecule has 0 aromatic rings. The molecule has 14 heavy (non-hydrogen) atoms. The lowest BCUT2D eigenvalue weighted by Gasteiger charge is -2.21. The summed E-state index contributed by atoms with van der Waals surface area (Å²) in [5, 5.41) is 4.35. The highest BCUT2D eigenvalue weighted by atomic mass is 32.2. The third-order valence-electron chi connectivity index (χ3n) is 2.06. The van der Waals surface area contributed by atoms with Crippen LogP contribution in [0.4, 0.5) is 0 Å². The fraction of sp³-hybridized carbons (Fsp3) is 0.889. The van der Waals surface area contributed by atoms with Crippen LogP contribution in [0.15, 0.2) is 4.99 Å². The molecule has 1 N–H and O–H groups in total. The summed E-state index contributed by atoms with van der Waals surface area (Å²) in [6.45, 7) is 4.79. The first-order chi connectivity index (χ1) is 6.72. The van der Waals surface area contributed by atoms with Gasteiger partial charge in [0.25, 0.3) is 0 Å². The first-order valence-electron chi connectivity index (χ1n) is 5.01. The fourth-order valence-electron chi connectivity index (χ4n) is 1.14. The highest BCUT2D eigenvalue weighted by molar-refractivity contribution is 8.13. The van der Waals surface area contributed by atoms with Crippen molar-refractivity contribution in [3.05, 3.63) is 0 Å². The largest absolute Gasteiger partial charge is 0.362 e. The highest BCUT2D eigenvalue weighted by Gasteiger charge is 2.12. The number of nitrogens with one attached hydrogen (secondary N) is 1. The van der Waals surface area contributed by atoms with Crippen LogP contribution in [0.25, 0.3) is 0 Å². The van der Waals surface area contributed by atoms with Gasteiger partial charge in [-0.15, -0.1) is 0 Å². The molecule has 5 heteroatoms. The second-order valence-electron chi connectivity index (χ2n) is 3.30. The molecule has 0 aromatic heterocycles. The summed E-state index contributed by atoms with van der Waals surface area (Å²) in [6, 6.07) is 0.534. The molecular formula is C9H18N2OS2. The number of nitrogens with zero attached hydrogens (tertiary/aromatic N) is 1. The van der Waals surface area contributed by atoms with Crippen molar-refractivity contribution in [2.75, 3.05) is 23.8 Å². The third-order valence-corrected chi connectivity index (χ3v) is 4.30. The van der Waals surface area contributed by atoms with Crippen LogP contribution < -0.4 is 5.32 Å². The van der Waals surface area contributed by atoms with Gasteiger partial charge in [-0.3, -0.25) is 9.20 Å². The Balaban J connectivity index is 2.26. The van der Waals surface area contributed by atoms with Gasteiger partial charge in [0.15, 0.2) is 5.17 Å². The van der Waals surface area contributed by atoms with E-state index in [0.29, 0.717) is 18.3 Å². The van der Waals surface area contributed by atoms with Crippen LogP contribution in [0, 0.1) is 0 Å². The summed E-state index contributed by atoms with van der Waals surface area (Å²) in [7, 11) is -0.684. The molecule has 2 atom stereocenters. The van der Waals surface area contributed by atoms with Gasteiger partial charge in [-0.25, -0.2) is 0 Å². The zero-order valence-electron chi connectivity index (χ0n) is 8.78. The monoisotopic (exact) mass is 234 g/mol. The minimum absolute atomic E-state index is 0.534. The van der Waals surface area contributed by atoms with Gasteiger partial charge in [-0.2, -0.15) is 0 Å². The number of rotatable bonds is 4. The van der Waals surface area contributed by atoms with Gasteiger partial charge >= 0.3 is 0 Å². The number of thioether (sulfide) groups is 1. The quantitative estimate of drug-likeness (QED) is 0.795. The van der Waals surface area contributed by atoms with Crippen molar-refractivity contribution in [1.82, 2.24) is 5.32 Å². The predicted molar refractivity (Wildman–Crippen MR) is 65.5 cm³/mol. The van der Waals surface area contributed by atoms with E-state index in [4.69, 9.17) is 0 Å². The van der Waals surface area contributed by atoms with Crippen LogP contribution in [-0.4, -0.2) is 39.2 Å². The Labute approximate surface area is 92.6 Å². The maximum Gasteiger partial charge on any atom is 0.156 e. The number of amidine groups is 1. The van der Waals surface area contributed by atoms with Gasteiger partial charge in [-0.05, 0) is 13.3 Å². The second-order valence-corrected chi connectivity index (χ2v) is 6.25. The van der Waals surface area contributed by atoms with E-state index in [2.05, 4.69) is 17.2 Å². The molecule has 1 aliphatic rings. The van der Waals surface area contributed by atoms with Gasteiger partial charge in [-0.1, -0.05) is 18.7 Å². The minimum atomic E-state index is -0.684. The Morgan fingerprint density at radius 3 is 3.14 bits per heavy atom. The summed E-state index contributed by atoms with van der Waals surface area (Å²) >= 11 is 1.77. The molecular weight excluding hydrogens is 216 g/mol. The van der Waals surface area contributed by atoms with Crippen LogP contribution in [0.2, 0.25) is 0 Å². The molecule has 82 valence electrons. The molecule has 0 amide bonds. The van der Waals surface area contributed by atoms with E-state index in [1.807, 2.05) is 6.92 Å². The van der Waals surface area contributed by atoms with Gasteiger partial charge in [0.1, 0.15) is 0 Å². The molecule has 0 radical (unpaired) electrons. The van der Waals surface area contributed by atoms with E-state index < -0.39 is 10.8 Å². The lowest BCUT2D eigenvalue weighted by atomic mass is 10.3. The second kappa shape index (κ2) is 6.45. The molecule has 3 nitrogen and oxygen atoms in total. The molecule has 1 saturated heterocycles. The fourth-order valence-corrected chi connectivity index (χ4v) is 2.86. The van der Waals surface area contributed by atoms with Gasteiger partial charge in [0.2, 0.25) is 0 Å². The Bertz CT molecular complexity index is 231. The minimum Gasteiger partial charge on any atom is -0.362 e. The third kappa shape index (κ3) is 4.46. The van der Waals surface area contributed by atoms with E-state index in [9.17, 15) is 4.21 Å². The molecule has 0 aromatic carbocycles. The van der Waals surface area contributed by atoms with Gasteiger partial charge < -0.3 is 5.32 Å². The predicted octanol–water partition coefficient (Wildman–Crippen LogP) is 1.23. The van der Waals surface area contributed by atoms with Crippen LogP contribution in [-0.2, 0) is 10.8 Å². The molecule has 0 saturated carbocycles. The molecule has 0 spiro atoms. The molecule has 0 aliphatic carbocycles. The Kier molecular flexibility index (Phi) is 5.55. The maximum absolute atomic E-state index is 11.1. The van der Waals surface area contributed by atoms with Crippen molar-refractivity contribution in [3.63, 3.8) is 0 Å². The molecule has 1 rings (SSSR count). The lowest BCUT2D eigenvalue weighted by molar-refractivity contribution is 0.643. The zero-order chi connectivity index (χ0) is 10.4. The van der Waals surface area contributed by atoms with Crippen molar-refractivity contribution in [3.8, 4) is 0 Å². The molecule has 1 fully saturated rings. The number of aliphatic imine (C=N–C) groups is 1. The first kappa shape index (κ1) is 12.0. The summed E-state index contributed by atoms with van der Waals surface area (Å²) in [4.78, 5) is 4.40. The van der Waals surface area contributed by atoms with Crippen molar-refractivity contribution < 1.29 is 4.21 Å². The smallest absolute Gasteiger partial charge is 0.156 e. The SMILES string of the molecule is CCS(=O)CCN=C1NC(C)CCS1. The van der Waals surface area contributed by atoms with E-state index in [0.717, 1.165) is 16.7 Å². The van der Waals surface area contributed by atoms with Crippen LogP contribution in [0.3, 0.4) is 0 Å². The van der Waals surface area contributed by atoms with Crippen LogP contribution in [0.5, 0.6) is 0 Å². The van der Waals surface area contributed by atoms with Crippen LogP contribution >= 0.6 is 11.8 Å². The summed E-state index contributed by atoms with van der Waals surface area (Å²) < 4.78 is 11.1. The van der Waals surface area contributed by atoms with Crippen molar-refractivity contribution in [1.29, 1.82) is 0 Å². The molecule has 1 aliphatic heterocycles. The maximum atomic E-state index is 11.1. The Morgan fingerprint density at radius 1 is 1.71 bits per heavy atom. The standard InChI is InChI=1S/C9H18N2OS2/c1-3-14(12)7-5-10-9-11-8(2)4-6-13-9/h8H,3-7H2,1-2H3,(H,10,11). The lowest BCUT2D eigenvalue weighted by Crippen LogP contribution is -2.35. The van der Waals surface area contributed by atoms with Gasteiger partial charge in [0, 0.05) is 34.1 Å². The van der Waals surface area contributed by atoms with Crippen molar-refractivity contribution in [2.24, 2.45) is 4.99 Å². The van der Waals surface area contributed by atoms with Crippen molar-refractivity contribution >= 4 is 27.7 Å². The van der Waals surface area contributed by atoms with E-state index >= 15 is 0 Å². The number of hydrogen-bond donors (Lipinski definition) is 1. The topological polar surface area (TPSA) is 41.5 Å². The van der Waals surface area contributed by atoms with E-state index in [-0.39, 0.29) is 0 Å². The normalized spacial score (nSPS) is 27.3. The Morgan fingerprint density at radius 2 is 2.50 bits per heavy atom. The summed E-state index contributed by atoms with van der Waals surface area (Å²) in [5.74, 6) is 2.57. The summed E-state index contributed by atoms with van der Waals surface area (Å²) in [5.41, 5.74) is 0. The average molecular weight is 234 g/mol. The zero-order valence-corrected chi connectivity index (χ0v) is 10.4. The van der Waals surface area contributed by atoms with E-state index in [1.54, 1.807) is 11.8 Å². The first-order valence-corrected chi connectivity index (χ1v) is 7.48. The molecule has 2 unspecified atom stereocenters. The van der Waals surface area contributed by atoms with Crippen LogP contribution in [0.1, 0.15) is 20.3 Å².